The minimum atomic E-state index is -0.458. The number of hydrogen-bond donors (Lipinski definition) is 1. The van der Waals surface area contributed by atoms with Crippen molar-refractivity contribution in [2.75, 3.05) is 5.01 Å². The quantitative estimate of drug-likeness (QED) is 0.210. The third-order valence-electron chi connectivity index (χ3n) is 5.96. The lowest BCUT2D eigenvalue weighted by Crippen LogP contribution is -2.35. The lowest BCUT2D eigenvalue weighted by Gasteiger charge is -2.13. The van der Waals surface area contributed by atoms with Gasteiger partial charge in [0.2, 0.25) is 0 Å². The third kappa shape index (κ3) is 3.61. The number of nitrogens with one attached hydrogen (secondary N) is 1. The number of hydrogen-bond acceptors (Lipinski definition) is 4. The fourth-order valence-corrected chi connectivity index (χ4v) is 4.21. The highest BCUT2D eigenvalue weighted by Gasteiger charge is 2.34. The number of anilines is 1. The fourth-order valence-electron chi connectivity index (χ4n) is 4.21. The van der Waals surface area contributed by atoms with Crippen LogP contribution >= 0.6 is 0 Å². The zero-order chi connectivity index (χ0) is 23.8. The van der Waals surface area contributed by atoms with E-state index in [0.717, 1.165) is 27.7 Å². The summed E-state index contributed by atoms with van der Waals surface area (Å²) in [5.74, 6) is -0.872. The van der Waals surface area contributed by atoms with Crippen LogP contribution in [0, 0.1) is 17.0 Å². The molecule has 2 heterocycles. The van der Waals surface area contributed by atoms with Gasteiger partial charge in [-0.2, -0.15) is 0 Å². The van der Waals surface area contributed by atoms with Gasteiger partial charge in [-0.3, -0.25) is 25.1 Å². The maximum atomic E-state index is 13.1. The Morgan fingerprint density at radius 2 is 1.62 bits per heavy atom. The van der Waals surface area contributed by atoms with E-state index < -0.39 is 16.7 Å². The molecule has 2 amide bonds. The van der Waals surface area contributed by atoms with Crippen LogP contribution in [0.4, 0.5) is 11.4 Å². The third-order valence-corrected chi connectivity index (χ3v) is 5.96. The molecule has 0 atom stereocenters. The topological polar surface area (TPSA) is 97.5 Å². The Morgan fingerprint density at radius 1 is 0.941 bits per heavy atom. The number of rotatable bonds is 5. The van der Waals surface area contributed by atoms with Crippen molar-refractivity contribution in [3.05, 3.63) is 111 Å². The number of amides is 2. The molecule has 5 rings (SSSR count). The van der Waals surface area contributed by atoms with E-state index in [1.165, 1.54) is 17.1 Å². The Kier molecular flexibility index (Phi) is 5.18. The molecule has 1 N–H and O–H groups in total. The minimum absolute atomic E-state index is 0.0389. The van der Waals surface area contributed by atoms with Crippen LogP contribution in [0.1, 0.15) is 16.8 Å². The van der Waals surface area contributed by atoms with Gasteiger partial charge in [0.05, 0.1) is 10.6 Å². The maximum Gasteiger partial charge on any atom is 0.282 e. The van der Waals surface area contributed by atoms with Gasteiger partial charge in [0.1, 0.15) is 5.57 Å². The molecular formula is C26H20N4O4. The summed E-state index contributed by atoms with van der Waals surface area (Å²) < 4.78 is 2.08. The van der Waals surface area contributed by atoms with Gasteiger partial charge in [0.15, 0.2) is 0 Å². The van der Waals surface area contributed by atoms with E-state index in [2.05, 4.69) is 9.99 Å². The van der Waals surface area contributed by atoms with Gasteiger partial charge >= 0.3 is 0 Å². The summed E-state index contributed by atoms with van der Waals surface area (Å²) in [6, 6.07) is 23.1. The van der Waals surface area contributed by atoms with Crippen LogP contribution in [-0.2, 0) is 16.1 Å². The van der Waals surface area contributed by atoms with E-state index >= 15 is 0 Å². The normalized spacial score (nSPS) is 14.7. The lowest BCUT2D eigenvalue weighted by atomic mass is 10.1. The molecule has 0 unspecified atom stereocenters. The van der Waals surface area contributed by atoms with Crippen LogP contribution < -0.4 is 10.4 Å². The van der Waals surface area contributed by atoms with Crippen LogP contribution in [0.3, 0.4) is 0 Å². The van der Waals surface area contributed by atoms with Gasteiger partial charge in [-0.25, -0.2) is 5.01 Å². The first-order valence-corrected chi connectivity index (χ1v) is 10.7. The number of aromatic nitrogens is 1. The number of carbonyl (C=O) groups is 2. The Hall–Kier alpha value is -4.72. The second-order valence-electron chi connectivity index (χ2n) is 8.00. The van der Waals surface area contributed by atoms with Crippen LogP contribution in [0.15, 0.2) is 84.4 Å². The molecule has 1 fully saturated rings. The van der Waals surface area contributed by atoms with Crippen molar-refractivity contribution in [3.8, 4) is 0 Å². The van der Waals surface area contributed by atoms with Crippen molar-refractivity contribution in [2.24, 2.45) is 0 Å². The molecule has 0 bridgehead atoms. The van der Waals surface area contributed by atoms with Gasteiger partial charge in [-0.05, 0) is 36.8 Å². The molecule has 1 aromatic heterocycles. The number of nitrogens with zero attached hydrogens (tertiary/aromatic N) is 3. The smallest absolute Gasteiger partial charge is 0.282 e. The molecular weight excluding hydrogens is 432 g/mol. The summed E-state index contributed by atoms with van der Waals surface area (Å²) in [6.45, 7) is 2.42. The first-order chi connectivity index (χ1) is 16.4. The molecule has 1 saturated heterocycles. The highest BCUT2D eigenvalue weighted by atomic mass is 16.6. The van der Waals surface area contributed by atoms with E-state index in [1.54, 1.807) is 42.5 Å². The molecule has 8 nitrogen and oxygen atoms in total. The standard InChI is InChI=1S/C26H20N4O4/c1-17-22(15-23-25(31)27-29(26(23)32)19-7-3-2-4-8-19)21-9-5-6-10-24(21)28(17)16-18-11-13-20(14-12-18)30(33)34/h2-15H,16H2,1H3,(H,27,31). The molecule has 3 aromatic carbocycles. The molecule has 1 aliphatic heterocycles. The number of nitro benzene ring substituents is 1. The van der Waals surface area contributed by atoms with Gasteiger partial charge < -0.3 is 4.57 Å². The number of hydrazine groups is 1. The fraction of sp³-hybridized carbons (Fsp3) is 0.0769. The summed E-state index contributed by atoms with van der Waals surface area (Å²) in [7, 11) is 0. The van der Waals surface area contributed by atoms with Crippen LogP contribution in [0.5, 0.6) is 0 Å². The van der Waals surface area contributed by atoms with Crippen molar-refractivity contribution in [1.29, 1.82) is 0 Å². The number of para-hydroxylation sites is 2. The molecule has 0 spiro atoms. The predicted molar refractivity (Wildman–Crippen MR) is 129 cm³/mol. The van der Waals surface area contributed by atoms with Crippen LogP contribution in [-0.4, -0.2) is 21.3 Å². The summed E-state index contributed by atoms with van der Waals surface area (Å²) in [6.07, 6.45) is 1.64. The average molecular weight is 452 g/mol. The van der Waals surface area contributed by atoms with Gasteiger partial charge in [-0.15, -0.1) is 0 Å². The van der Waals surface area contributed by atoms with E-state index in [0.29, 0.717) is 12.2 Å². The highest BCUT2D eigenvalue weighted by molar-refractivity contribution is 6.32. The second-order valence-corrected chi connectivity index (χ2v) is 8.00. The summed E-state index contributed by atoms with van der Waals surface area (Å²) in [4.78, 5) is 36.3. The van der Waals surface area contributed by atoms with Gasteiger partial charge in [-0.1, -0.05) is 48.5 Å². The molecule has 168 valence electrons. The van der Waals surface area contributed by atoms with Gasteiger partial charge in [0.25, 0.3) is 17.5 Å². The van der Waals surface area contributed by atoms with E-state index in [9.17, 15) is 19.7 Å². The van der Waals surface area contributed by atoms with Crippen molar-refractivity contribution < 1.29 is 14.5 Å². The number of nitro groups is 1. The number of fused-ring (bicyclic) bond motifs is 1. The van der Waals surface area contributed by atoms with Gasteiger partial charge in [0, 0.05) is 40.8 Å². The van der Waals surface area contributed by atoms with Crippen molar-refractivity contribution >= 4 is 40.2 Å². The molecule has 0 saturated carbocycles. The average Bonchev–Trinajstić information content (AvgIpc) is 3.28. The zero-order valence-electron chi connectivity index (χ0n) is 18.3. The van der Waals surface area contributed by atoms with E-state index in [1.807, 2.05) is 37.3 Å². The van der Waals surface area contributed by atoms with Crippen molar-refractivity contribution in [3.63, 3.8) is 0 Å². The highest BCUT2D eigenvalue weighted by Crippen LogP contribution is 2.30. The largest absolute Gasteiger partial charge is 0.340 e. The van der Waals surface area contributed by atoms with Crippen LogP contribution in [0.25, 0.3) is 17.0 Å². The molecule has 0 radical (unpaired) electrons. The van der Waals surface area contributed by atoms with E-state index in [-0.39, 0.29) is 11.3 Å². The molecule has 8 heteroatoms. The monoisotopic (exact) mass is 452 g/mol. The first kappa shape index (κ1) is 21.1. The predicted octanol–water partition coefficient (Wildman–Crippen LogP) is 4.37. The number of non-ortho nitro benzene ring substituents is 1. The summed E-state index contributed by atoms with van der Waals surface area (Å²) in [5, 5.41) is 13.1. The van der Waals surface area contributed by atoms with E-state index in [4.69, 9.17) is 0 Å². The lowest BCUT2D eigenvalue weighted by molar-refractivity contribution is -0.384. The Morgan fingerprint density at radius 3 is 2.32 bits per heavy atom. The number of benzene rings is 3. The molecule has 34 heavy (non-hydrogen) atoms. The molecule has 4 aromatic rings. The summed E-state index contributed by atoms with van der Waals surface area (Å²) in [5.41, 5.74) is 6.82. The second kappa shape index (κ2) is 8.32. The van der Waals surface area contributed by atoms with Crippen molar-refractivity contribution in [1.82, 2.24) is 9.99 Å². The summed E-state index contributed by atoms with van der Waals surface area (Å²) >= 11 is 0. The SMILES string of the molecule is Cc1c(C=C2C(=O)NN(c3ccccc3)C2=O)c2ccccc2n1Cc1ccc([N+](=O)[O-])cc1. The minimum Gasteiger partial charge on any atom is -0.340 e. The molecule has 0 aliphatic carbocycles. The first-order valence-electron chi connectivity index (χ1n) is 10.7. The Balaban J connectivity index is 1.55. The maximum absolute atomic E-state index is 13.1. The Bertz CT molecular complexity index is 1470. The Labute approximate surface area is 194 Å². The van der Waals surface area contributed by atoms with Crippen molar-refractivity contribution in [2.45, 2.75) is 13.5 Å². The molecule has 1 aliphatic rings. The van der Waals surface area contributed by atoms with Crippen LogP contribution in [0.2, 0.25) is 0 Å². The number of carbonyl (C=O) groups excluding carboxylic acids is 2. The zero-order valence-corrected chi connectivity index (χ0v) is 18.3.